The van der Waals surface area contributed by atoms with E-state index in [0.29, 0.717) is 36.1 Å². The predicted octanol–water partition coefficient (Wildman–Crippen LogP) is 5.19. The maximum atomic E-state index is 13.2. The van der Waals surface area contributed by atoms with Crippen LogP contribution < -0.4 is 14.8 Å². The molecule has 1 heterocycles. The van der Waals surface area contributed by atoms with Crippen molar-refractivity contribution in [3.63, 3.8) is 0 Å². The number of thioether (sulfide) groups is 1. The van der Waals surface area contributed by atoms with Crippen LogP contribution in [0.5, 0.6) is 11.5 Å². The standard InChI is InChI=1S/C28H33ClN2O4S/c1-4-35-23-11-7-19(15-24(23)34-3)16-26-28(33)31(2)22-17-20(8-12-25(22)36-26)27(32)30-14-13-18-5-9-21(29)10-6-18/h5-7,9-11,15-16,20,22,25H,4,8,12-14,17H2,1-3H3,(H,30,32)/b26-16+. The molecule has 0 bridgehead atoms. The molecule has 6 nitrogen and oxygen atoms in total. The summed E-state index contributed by atoms with van der Waals surface area (Å²) >= 11 is 7.58. The zero-order valence-electron chi connectivity index (χ0n) is 21.0. The molecular weight excluding hydrogens is 496 g/mol. The van der Waals surface area contributed by atoms with Crippen molar-refractivity contribution in [3.05, 3.63) is 63.5 Å². The van der Waals surface area contributed by atoms with Crippen molar-refractivity contribution in [2.24, 2.45) is 5.92 Å². The normalized spacial score (nSPS) is 22.8. The van der Waals surface area contributed by atoms with Gasteiger partial charge in [0, 0.05) is 35.8 Å². The van der Waals surface area contributed by atoms with Crippen molar-refractivity contribution in [1.29, 1.82) is 0 Å². The summed E-state index contributed by atoms with van der Waals surface area (Å²) < 4.78 is 11.1. The van der Waals surface area contributed by atoms with E-state index in [1.165, 1.54) is 0 Å². The fraction of sp³-hybridized carbons (Fsp3) is 0.429. The molecule has 0 radical (unpaired) electrons. The minimum atomic E-state index is -0.0757. The van der Waals surface area contributed by atoms with E-state index in [-0.39, 0.29) is 29.0 Å². The van der Waals surface area contributed by atoms with Crippen molar-refractivity contribution >= 4 is 41.3 Å². The molecule has 8 heteroatoms. The summed E-state index contributed by atoms with van der Waals surface area (Å²) in [6.45, 7) is 3.08. The number of fused-ring (bicyclic) bond motifs is 1. The maximum Gasteiger partial charge on any atom is 0.260 e. The molecule has 3 unspecified atom stereocenters. The fourth-order valence-corrected chi connectivity index (χ4v) is 6.47. The van der Waals surface area contributed by atoms with Gasteiger partial charge in [-0.05, 0) is 74.1 Å². The second-order valence-corrected chi connectivity index (χ2v) is 10.9. The van der Waals surface area contributed by atoms with Crippen molar-refractivity contribution in [2.75, 3.05) is 27.3 Å². The number of halogens is 1. The first-order valence-corrected chi connectivity index (χ1v) is 13.6. The molecule has 3 atom stereocenters. The van der Waals surface area contributed by atoms with Crippen LogP contribution in [0.3, 0.4) is 0 Å². The molecule has 2 aromatic carbocycles. The number of hydrogen-bond acceptors (Lipinski definition) is 5. The van der Waals surface area contributed by atoms with Gasteiger partial charge in [-0.2, -0.15) is 0 Å². The molecule has 0 spiro atoms. The quantitative estimate of drug-likeness (QED) is 0.478. The van der Waals surface area contributed by atoms with Crippen molar-refractivity contribution in [1.82, 2.24) is 10.2 Å². The Kier molecular flexibility index (Phi) is 8.86. The first-order valence-electron chi connectivity index (χ1n) is 12.4. The number of carbonyl (C=O) groups excluding carboxylic acids is 2. The Labute approximate surface area is 222 Å². The molecule has 1 saturated heterocycles. The van der Waals surface area contributed by atoms with Crippen LogP contribution in [0.1, 0.15) is 37.3 Å². The number of nitrogens with one attached hydrogen (secondary N) is 1. The number of rotatable bonds is 8. The first-order chi connectivity index (χ1) is 17.4. The number of amides is 2. The van der Waals surface area contributed by atoms with E-state index >= 15 is 0 Å². The molecule has 4 rings (SSSR count). The van der Waals surface area contributed by atoms with Crippen LogP contribution in [0.15, 0.2) is 47.4 Å². The van der Waals surface area contributed by atoms with Gasteiger partial charge in [0.25, 0.3) is 5.91 Å². The number of methoxy groups -OCH3 is 1. The number of carbonyl (C=O) groups is 2. The Hall–Kier alpha value is -2.64. The molecule has 192 valence electrons. The summed E-state index contributed by atoms with van der Waals surface area (Å²) in [6, 6.07) is 13.4. The molecule has 2 amide bonds. The summed E-state index contributed by atoms with van der Waals surface area (Å²) in [5.41, 5.74) is 2.04. The highest BCUT2D eigenvalue weighted by Gasteiger charge is 2.42. The average molecular weight is 529 g/mol. The van der Waals surface area contributed by atoms with E-state index in [9.17, 15) is 9.59 Å². The third-order valence-electron chi connectivity index (χ3n) is 6.84. The van der Waals surface area contributed by atoms with Gasteiger partial charge in [0.15, 0.2) is 11.5 Å². The van der Waals surface area contributed by atoms with Gasteiger partial charge in [0.2, 0.25) is 5.91 Å². The van der Waals surface area contributed by atoms with Crippen molar-refractivity contribution in [2.45, 2.75) is 43.9 Å². The molecular formula is C28H33ClN2O4S. The lowest BCUT2D eigenvalue weighted by Gasteiger charge is -2.44. The highest BCUT2D eigenvalue weighted by molar-refractivity contribution is 8.04. The third kappa shape index (κ3) is 6.19. The second kappa shape index (κ2) is 12.1. The number of benzene rings is 2. The summed E-state index contributed by atoms with van der Waals surface area (Å²) in [4.78, 5) is 28.6. The molecule has 2 fully saturated rings. The van der Waals surface area contributed by atoms with E-state index in [2.05, 4.69) is 5.32 Å². The lowest BCUT2D eigenvalue weighted by atomic mass is 9.83. The lowest BCUT2D eigenvalue weighted by molar-refractivity contribution is -0.131. The SMILES string of the molecule is CCOc1ccc(/C=C2/SC3CCC(C(=O)NCCc4ccc(Cl)cc4)CC3N(C)C2=O)cc1OC. The topological polar surface area (TPSA) is 67.9 Å². The fourth-order valence-electron chi connectivity index (χ4n) is 4.86. The number of ether oxygens (including phenoxy) is 2. The van der Waals surface area contributed by atoms with Gasteiger partial charge in [-0.15, -0.1) is 11.8 Å². The van der Waals surface area contributed by atoms with Crippen LogP contribution >= 0.6 is 23.4 Å². The number of hydrogen-bond donors (Lipinski definition) is 1. The molecule has 2 aromatic rings. The van der Waals surface area contributed by atoms with Crippen LogP contribution in [0, 0.1) is 5.92 Å². The second-order valence-electron chi connectivity index (χ2n) is 9.17. The number of likely N-dealkylation sites (N-methyl/N-ethyl adjacent to an activating group) is 1. The molecule has 36 heavy (non-hydrogen) atoms. The minimum Gasteiger partial charge on any atom is -0.493 e. The third-order valence-corrected chi connectivity index (χ3v) is 8.49. The monoisotopic (exact) mass is 528 g/mol. The Morgan fingerprint density at radius 2 is 1.97 bits per heavy atom. The predicted molar refractivity (Wildman–Crippen MR) is 146 cm³/mol. The summed E-state index contributed by atoms with van der Waals surface area (Å²) in [6.07, 6.45) is 5.10. The van der Waals surface area contributed by atoms with E-state index in [1.54, 1.807) is 18.9 Å². The Bertz CT molecular complexity index is 1120. The van der Waals surface area contributed by atoms with Gasteiger partial charge < -0.3 is 19.7 Å². The van der Waals surface area contributed by atoms with Gasteiger partial charge in [-0.3, -0.25) is 9.59 Å². The zero-order valence-corrected chi connectivity index (χ0v) is 22.5. The molecule has 1 aliphatic heterocycles. The molecule has 1 aliphatic carbocycles. The molecule has 1 saturated carbocycles. The average Bonchev–Trinajstić information content (AvgIpc) is 2.89. The summed E-state index contributed by atoms with van der Waals surface area (Å²) in [5.74, 6) is 1.34. The van der Waals surface area contributed by atoms with Crippen LogP contribution in [-0.4, -0.2) is 55.3 Å². The Morgan fingerprint density at radius 3 is 2.69 bits per heavy atom. The van der Waals surface area contributed by atoms with Gasteiger partial charge in [-0.25, -0.2) is 0 Å². The number of nitrogens with zero attached hydrogens (tertiary/aromatic N) is 1. The van der Waals surface area contributed by atoms with Gasteiger partial charge in [0.05, 0.1) is 18.6 Å². The summed E-state index contributed by atoms with van der Waals surface area (Å²) in [7, 11) is 3.47. The van der Waals surface area contributed by atoms with Crippen molar-refractivity contribution < 1.29 is 19.1 Å². The van der Waals surface area contributed by atoms with Crippen molar-refractivity contribution in [3.8, 4) is 11.5 Å². The van der Waals surface area contributed by atoms with E-state index in [4.69, 9.17) is 21.1 Å². The highest BCUT2D eigenvalue weighted by atomic mass is 35.5. The van der Waals surface area contributed by atoms with Gasteiger partial charge in [-0.1, -0.05) is 29.8 Å². The van der Waals surface area contributed by atoms with Crippen LogP contribution in [0.25, 0.3) is 6.08 Å². The minimum absolute atomic E-state index is 0.00195. The molecule has 1 N–H and O–H groups in total. The Morgan fingerprint density at radius 1 is 1.19 bits per heavy atom. The van der Waals surface area contributed by atoms with Crippen LogP contribution in [0.4, 0.5) is 0 Å². The summed E-state index contributed by atoms with van der Waals surface area (Å²) in [5, 5.41) is 4.08. The smallest absolute Gasteiger partial charge is 0.260 e. The lowest BCUT2D eigenvalue weighted by Crippen LogP contribution is -2.52. The van der Waals surface area contributed by atoms with Crippen LogP contribution in [0.2, 0.25) is 5.02 Å². The van der Waals surface area contributed by atoms with Gasteiger partial charge in [0.1, 0.15) is 0 Å². The largest absolute Gasteiger partial charge is 0.493 e. The maximum absolute atomic E-state index is 13.2. The van der Waals surface area contributed by atoms with Gasteiger partial charge >= 0.3 is 0 Å². The van der Waals surface area contributed by atoms with E-state index in [1.807, 2.05) is 67.4 Å². The zero-order chi connectivity index (χ0) is 25.7. The molecule has 0 aromatic heterocycles. The van der Waals surface area contributed by atoms with E-state index < -0.39 is 0 Å². The molecule has 2 aliphatic rings. The first kappa shape index (κ1) is 26.4. The Balaban J connectivity index is 1.36. The highest BCUT2D eigenvalue weighted by Crippen LogP contribution is 2.43. The van der Waals surface area contributed by atoms with E-state index in [0.717, 1.165) is 35.3 Å². The van der Waals surface area contributed by atoms with Crippen LogP contribution in [-0.2, 0) is 16.0 Å².